The van der Waals surface area contributed by atoms with Gasteiger partial charge in [-0.2, -0.15) is 5.10 Å². The molecule has 1 amide bonds. The predicted octanol–water partition coefficient (Wildman–Crippen LogP) is 1.70. The maximum Gasteiger partial charge on any atom is 0.264 e. The van der Waals surface area contributed by atoms with E-state index in [0.717, 1.165) is 38.2 Å². The monoisotopic (exact) mass is 330 g/mol. The molecule has 1 saturated carbocycles. The van der Waals surface area contributed by atoms with Gasteiger partial charge in [0.25, 0.3) is 5.56 Å². The molecule has 1 unspecified atom stereocenters. The summed E-state index contributed by atoms with van der Waals surface area (Å²) in [5, 5.41) is 6.63. The van der Waals surface area contributed by atoms with Gasteiger partial charge in [0, 0.05) is 31.7 Å². The lowest BCUT2D eigenvalue weighted by Crippen LogP contribution is -2.58. The fourth-order valence-electron chi connectivity index (χ4n) is 4.53. The molecule has 24 heavy (non-hydrogen) atoms. The minimum atomic E-state index is -0.197. The summed E-state index contributed by atoms with van der Waals surface area (Å²) in [5.74, 6) is 0.424. The van der Waals surface area contributed by atoms with Crippen molar-refractivity contribution in [1.29, 1.82) is 0 Å². The topological polar surface area (TPSA) is 69.3 Å². The lowest BCUT2D eigenvalue weighted by Gasteiger charge is -2.46. The first-order valence-corrected chi connectivity index (χ1v) is 9.32. The van der Waals surface area contributed by atoms with Crippen molar-refractivity contribution in [2.45, 2.75) is 57.0 Å². The highest BCUT2D eigenvalue weighted by Gasteiger charge is 2.42. The number of rotatable bonds is 3. The molecule has 2 aliphatic heterocycles. The van der Waals surface area contributed by atoms with E-state index >= 15 is 0 Å². The number of H-pyrrole nitrogens is 1. The second-order valence-corrected chi connectivity index (χ2v) is 7.48. The van der Waals surface area contributed by atoms with Crippen LogP contribution in [-0.2, 0) is 4.79 Å². The highest BCUT2D eigenvalue weighted by atomic mass is 16.2. The third-order valence-electron chi connectivity index (χ3n) is 5.93. The van der Waals surface area contributed by atoms with Crippen LogP contribution in [-0.4, -0.2) is 51.6 Å². The Morgan fingerprint density at radius 3 is 2.58 bits per heavy atom. The van der Waals surface area contributed by atoms with Crippen LogP contribution in [0.2, 0.25) is 0 Å². The molecule has 0 bridgehead atoms. The van der Waals surface area contributed by atoms with Crippen molar-refractivity contribution in [2.75, 3.05) is 19.6 Å². The second-order valence-electron chi connectivity index (χ2n) is 7.48. The van der Waals surface area contributed by atoms with Gasteiger partial charge in [-0.1, -0.05) is 19.3 Å². The summed E-state index contributed by atoms with van der Waals surface area (Å²) in [6, 6.07) is 3.98. The fourth-order valence-corrected chi connectivity index (χ4v) is 4.53. The van der Waals surface area contributed by atoms with Crippen LogP contribution in [0.3, 0.4) is 0 Å². The lowest BCUT2D eigenvalue weighted by molar-refractivity contribution is -0.143. The second kappa shape index (κ2) is 6.67. The molecule has 3 aliphatic rings. The molecule has 0 spiro atoms. The molecule has 3 heterocycles. The van der Waals surface area contributed by atoms with Gasteiger partial charge in [-0.15, -0.1) is 0 Å². The van der Waals surface area contributed by atoms with Crippen molar-refractivity contribution in [1.82, 2.24) is 20.0 Å². The number of amides is 1. The SMILES string of the molecule is O=C(C1CN(C2CCCCC2)C1)N1CCCC1c1ccc(=O)[nH]n1. The number of carbonyl (C=O) groups is 1. The van der Waals surface area contributed by atoms with E-state index in [1.54, 1.807) is 6.07 Å². The van der Waals surface area contributed by atoms with Gasteiger partial charge in [-0.3, -0.25) is 14.5 Å². The Labute approximate surface area is 142 Å². The number of aromatic amines is 1. The summed E-state index contributed by atoms with van der Waals surface area (Å²) in [6.07, 6.45) is 8.59. The van der Waals surface area contributed by atoms with Crippen molar-refractivity contribution >= 4 is 5.91 Å². The van der Waals surface area contributed by atoms with Gasteiger partial charge < -0.3 is 4.90 Å². The quantitative estimate of drug-likeness (QED) is 0.916. The molecule has 1 atom stereocenters. The van der Waals surface area contributed by atoms with Gasteiger partial charge in [-0.05, 0) is 31.7 Å². The average molecular weight is 330 g/mol. The number of nitrogens with zero attached hydrogens (tertiary/aromatic N) is 3. The normalized spacial score (nSPS) is 26.5. The molecule has 3 fully saturated rings. The first-order chi connectivity index (χ1) is 11.7. The zero-order valence-corrected chi connectivity index (χ0v) is 14.1. The van der Waals surface area contributed by atoms with Gasteiger partial charge in [0.05, 0.1) is 17.7 Å². The smallest absolute Gasteiger partial charge is 0.264 e. The van der Waals surface area contributed by atoms with Crippen LogP contribution in [0.1, 0.15) is 56.7 Å². The Balaban J connectivity index is 1.37. The van der Waals surface area contributed by atoms with Crippen LogP contribution in [0, 0.1) is 5.92 Å². The molecule has 1 aromatic rings. The van der Waals surface area contributed by atoms with Crippen molar-refractivity contribution in [2.24, 2.45) is 5.92 Å². The number of likely N-dealkylation sites (tertiary alicyclic amines) is 2. The minimum absolute atomic E-state index is 0.0260. The third-order valence-corrected chi connectivity index (χ3v) is 5.93. The number of aromatic nitrogens is 2. The zero-order chi connectivity index (χ0) is 16.5. The Morgan fingerprint density at radius 1 is 1.08 bits per heavy atom. The summed E-state index contributed by atoms with van der Waals surface area (Å²) < 4.78 is 0. The molecule has 6 heteroatoms. The molecule has 1 aliphatic carbocycles. The average Bonchev–Trinajstić information content (AvgIpc) is 3.05. The van der Waals surface area contributed by atoms with E-state index in [-0.39, 0.29) is 23.4 Å². The van der Waals surface area contributed by atoms with Gasteiger partial charge in [0.15, 0.2) is 0 Å². The Hall–Kier alpha value is -1.69. The molecule has 130 valence electrons. The largest absolute Gasteiger partial charge is 0.334 e. The van der Waals surface area contributed by atoms with Gasteiger partial charge >= 0.3 is 0 Å². The molecular formula is C18H26N4O2. The van der Waals surface area contributed by atoms with E-state index in [1.165, 1.54) is 38.2 Å². The molecule has 2 saturated heterocycles. The number of hydrogen-bond donors (Lipinski definition) is 1. The van der Waals surface area contributed by atoms with Gasteiger partial charge in [0.1, 0.15) is 0 Å². The van der Waals surface area contributed by atoms with Crippen molar-refractivity contribution < 1.29 is 4.79 Å². The molecular weight excluding hydrogens is 304 g/mol. The van der Waals surface area contributed by atoms with Crippen molar-refractivity contribution in [3.8, 4) is 0 Å². The van der Waals surface area contributed by atoms with E-state index < -0.39 is 0 Å². The van der Waals surface area contributed by atoms with E-state index in [2.05, 4.69) is 15.1 Å². The zero-order valence-electron chi connectivity index (χ0n) is 14.1. The lowest BCUT2D eigenvalue weighted by atomic mass is 9.88. The minimum Gasteiger partial charge on any atom is -0.334 e. The molecule has 1 N–H and O–H groups in total. The Kier molecular flexibility index (Phi) is 4.39. The maximum absolute atomic E-state index is 12.9. The fraction of sp³-hybridized carbons (Fsp3) is 0.722. The van der Waals surface area contributed by atoms with Crippen LogP contribution in [0.5, 0.6) is 0 Å². The molecule has 0 radical (unpaired) electrons. The highest BCUT2D eigenvalue weighted by Crippen LogP contribution is 2.35. The maximum atomic E-state index is 12.9. The van der Waals surface area contributed by atoms with E-state index in [0.29, 0.717) is 6.04 Å². The molecule has 4 rings (SSSR count). The van der Waals surface area contributed by atoms with E-state index in [1.807, 2.05) is 4.90 Å². The number of hydrogen-bond acceptors (Lipinski definition) is 4. The van der Waals surface area contributed by atoms with Crippen LogP contribution in [0.25, 0.3) is 0 Å². The summed E-state index contributed by atoms with van der Waals surface area (Å²) >= 11 is 0. The summed E-state index contributed by atoms with van der Waals surface area (Å²) in [5.41, 5.74) is 0.612. The third kappa shape index (κ3) is 2.99. The Bertz CT molecular complexity index is 626. The van der Waals surface area contributed by atoms with Gasteiger partial charge in [0.2, 0.25) is 5.91 Å². The predicted molar refractivity (Wildman–Crippen MR) is 90.5 cm³/mol. The van der Waals surface area contributed by atoms with Crippen LogP contribution >= 0.6 is 0 Å². The summed E-state index contributed by atoms with van der Waals surface area (Å²) in [6.45, 7) is 2.65. The van der Waals surface area contributed by atoms with Crippen molar-refractivity contribution in [3.63, 3.8) is 0 Å². The first-order valence-electron chi connectivity index (χ1n) is 9.32. The van der Waals surface area contributed by atoms with Crippen LogP contribution in [0.15, 0.2) is 16.9 Å². The van der Waals surface area contributed by atoms with Crippen molar-refractivity contribution in [3.05, 3.63) is 28.2 Å². The molecule has 0 aromatic carbocycles. The Morgan fingerprint density at radius 2 is 1.88 bits per heavy atom. The van der Waals surface area contributed by atoms with E-state index in [4.69, 9.17) is 0 Å². The summed E-state index contributed by atoms with van der Waals surface area (Å²) in [7, 11) is 0. The number of nitrogens with one attached hydrogen (secondary N) is 1. The summed E-state index contributed by atoms with van der Waals surface area (Å²) in [4.78, 5) is 28.6. The van der Waals surface area contributed by atoms with Crippen LogP contribution in [0.4, 0.5) is 0 Å². The standard InChI is InChI=1S/C18H26N4O2/c23-17-9-8-15(19-20-17)16-7-4-10-22(16)18(24)13-11-21(12-13)14-5-2-1-3-6-14/h8-9,13-14,16H,1-7,10-12H2,(H,20,23). The van der Waals surface area contributed by atoms with E-state index in [9.17, 15) is 9.59 Å². The van der Waals surface area contributed by atoms with Gasteiger partial charge in [-0.25, -0.2) is 5.10 Å². The molecule has 1 aromatic heterocycles. The molecule has 6 nitrogen and oxygen atoms in total. The number of carbonyl (C=O) groups excluding carboxylic acids is 1. The first kappa shape index (κ1) is 15.8. The highest BCUT2D eigenvalue weighted by molar-refractivity contribution is 5.81. The van der Waals surface area contributed by atoms with Crippen LogP contribution < -0.4 is 5.56 Å².